The summed E-state index contributed by atoms with van der Waals surface area (Å²) in [6.07, 6.45) is 4.51. The molecule has 1 amide bonds. The van der Waals surface area contributed by atoms with Gasteiger partial charge in [-0.25, -0.2) is 10.2 Å². The van der Waals surface area contributed by atoms with Gasteiger partial charge in [-0.1, -0.05) is 25.5 Å². The second-order valence-electron chi connectivity index (χ2n) is 6.40. The van der Waals surface area contributed by atoms with E-state index in [1.807, 2.05) is 24.3 Å². The monoisotopic (exact) mass is 414 g/mol. The van der Waals surface area contributed by atoms with Crippen LogP contribution in [0.5, 0.6) is 17.2 Å². The molecule has 2 rings (SSSR count). The number of nitrogens with zero attached hydrogens (tertiary/aromatic N) is 1. The molecular weight excluding hydrogens is 388 g/mol. The van der Waals surface area contributed by atoms with Crippen LogP contribution in [0.1, 0.15) is 41.3 Å². The maximum absolute atomic E-state index is 11.9. The first kappa shape index (κ1) is 22.7. The topological polar surface area (TPSA) is 106 Å². The molecule has 0 heterocycles. The van der Waals surface area contributed by atoms with E-state index in [1.54, 1.807) is 6.07 Å². The van der Waals surface area contributed by atoms with Gasteiger partial charge in [0.15, 0.2) is 18.1 Å². The fourth-order valence-corrected chi connectivity index (χ4v) is 2.76. The minimum atomic E-state index is -1.20. The molecule has 0 saturated carbocycles. The largest absolute Gasteiger partial charge is 0.493 e. The summed E-state index contributed by atoms with van der Waals surface area (Å²) in [5.74, 6) is -0.735. The van der Waals surface area contributed by atoms with Crippen LogP contribution in [-0.4, -0.2) is 44.0 Å². The minimum absolute atomic E-state index is 0.0750. The molecule has 2 aromatic rings. The second-order valence-corrected chi connectivity index (χ2v) is 6.40. The molecule has 160 valence electrons. The van der Waals surface area contributed by atoms with Crippen LogP contribution in [0.25, 0.3) is 0 Å². The van der Waals surface area contributed by atoms with Gasteiger partial charge in [0.05, 0.1) is 20.4 Å². The summed E-state index contributed by atoms with van der Waals surface area (Å²) < 4.78 is 15.7. The summed E-state index contributed by atoms with van der Waals surface area (Å²) in [7, 11) is 2.76. The Kier molecular flexibility index (Phi) is 8.68. The number of hydrogen-bond acceptors (Lipinski definition) is 6. The number of carbonyl (C=O) groups is 2. The number of aromatic carboxylic acids is 1. The number of aryl methyl sites for hydroxylation is 1. The molecule has 0 atom stereocenters. The highest BCUT2D eigenvalue weighted by molar-refractivity contribution is 6.02. The summed E-state index contributed by atoms with van der Waals surface area (Å²) in [6.45, 7) is 1.93. The molecule has 0 aliphatic carbocycles. The summed E-state index contributed by atoms with van der Waals surface area (Å²) in [6, 6.07) is 10.7. The van der Waals surface area contributed by atoms with Crippen molar-refractivity contribution in [3.05, 3.63) is 53.1 Å². The van der Waals surface area contributed by atoms with Gasteiger partial charge in [-0.05, 0) is 42.7 Å². The third kappa shape index (κ3) is 6.23. The predicted molar refractivity (Wildman–Crippen MR) is 113 cm³/mol. The number of ether oxygens (including phenoxy) is 3. The molecule has 0 aliphatic rings. The van der Waals surface area contributed by atoms with Crippen molar-refractivity contribution in [2.75, 3.05) is 20.8 Å². The fraction of sp³-hybridized carbons (Fsp3) is 0.318. The minimum Gasteiger partial charge on any atom is -0.493 e. The Hall–Kier alpha value is -3.55. The van der Waals surface area contributed by atoms with Crippen LogP contribution in [0.3, 0.4) is 0 Å². The number of unbranched alkanes of at least 4 members (excludes halogenated alkanes) is 1. The Morgan fingerprint density at radius 2 is 1.83 bits per heavy atom. The van der Waals surface area contributed by atoms with Gasteiger partial charge >= 0.3 is 5.97 Å². The zero-order chi connectivity index (χ0) is 21.9. The van der Waals surface area contributed by atoms with Crippen LogP contribution in [0.15, 0.2) is 41.5 Å². The number of hydrazone groups is 1. The van der Waals surface area contributed by atoms with Gasteiger partial charge in [-0.2, -0.15) is 5.10 Å². The van der Waals surface area contributed by atoms with Crippen molar-refractivity contribution in [2.45, 2.75) is 26.2 Å². The second kappa shape index (κ2) is 11.5. The van der Waals surface area contributed by atoms with Crippen LogP contribution < -0.4 is 19.6 Å². The van der Waals surface area contributed by atoms with Gasteiger partial charge in [-0.3, -0.25) is 4.79 Å². The van der Waals surface area contributed by atoms with Crippen molar-refractivity contribution in [2.24, 2.45) is 5.10 Å². The van der Waals surface area contributed by atoms with Crippen molar-refractivity contribution in [1.82, 2.24) is 5.43 Å². The van der Waals surface area contributed by atoms with Crippen LogP contribution in [-0.2, 0) is 11.2 Å². The van der Waals surface area contributed by atoms with Gasteiger partial charge in [-0.15, -0.1) is 0 Å². The standard InChI is InChI=1S/C22H26N2O6/c1-4-5-6-15-7-10-17(11-8-15)30-14-19(25)24-23-13-16-9-12-18(28-2)21(29-3)20(16)22(26)27/h7-13H,4-6,14H2,1-3H3,(H,24,25)(H,26,27)/b23-13-. The third-order valence-electron chi connectivity index (χ3n) is 4.30. The summed E-state index contributed by atoms with van der Waals surface area (Å²) in [5.41, 5.74) is 3.68. The van der Waals surface area contributed by atoms with Crippen LogP contribution >= 0.6 is 0 Å². The number of carbonyl (C=O) groups excluding carboxylic acids is 1. The quantitative estimate of drug-likeness (QED) is 0.432. The molecule has 0 aliphatic heterocycles. The summed E-state index contributed by atoms with van der Waals surface area (Å²) in [5, 5.41) is 13.3. The van der Waals surface area contributed by atoms with Gasteiger partial charge < -0.3 is 19.3 Å². The van der Waals surface area contributed by atoms with Crippen molar-refractivity contribution < 1.29 is 28.9 Å². The molecule has 0 fully saturated rings. The average Bonchev–Trinajstić information content (AvgIpc) is 2.76. The van der Waals surface area contributed by atoms with E-state index in [0.717, 1.165) is 19.3 Å². The SMILES string of the molecule is CCCCc1ccc(OCC(=O)N/N=C\c2ccc(OC)c(OC)c2C(=O)O)cc1. The number of carboxylic acids is 1. The zero-order valence-corrected chi connectivity index (χ0v) is 17.3. The Labute approximate surface area is 175 Å². The number of methoxy groups -OCH3 is 2. The molecular formula is C22H26N2O6. The van der Waals surface area contributed by atoms with E-state index in [1.165, 1.54) is 32.1 Å². The molecule has 0 bridgehead atoms. The van der Waals surface area contributed by atoms with Crippen molar-refractivity contribution in [3.8, 4) is 17.2 Å². The predicted octanol–water partition coefficient (Wildman–Crippen LogP) is 3.27. The molecule has 0 aromatic heterocycles. The number of amides is 1. The van der Waals surface area contributed by atoms with E-state index in [0.29, 0.717) is 5.75 Å². The lowest BCUT2D eigenvalue weighted by atomic mass is 10.1. The van der Waals surface area contributed by atoms with E-state index >= 15 is 0 Å². The van der Waals surface area contributed by atoms with Crippen LogP contribution in [0.2, 0.25) is 0 Å². The van der Waals surface area contributed by atoms with Gasteiger partial charge in [0.1, 0.15) is 11.3 Å². The number of nitrogens with one attached hydrogen (secondary N) is 1. The molecule has 0 unspecified atom stereocenters. The van der Waals surface area contributed by atoms with Crippen molar-refractivity contribution in [1.29, 1.82) is 0 Å². The molecule has 0 radical (unpaired) electrons. The van der Waals surface area contributed by atoms with E-state index in [-0.39, 0.29) is 29.2 Å². The van der Waals surface area contributed by atoms with Gasteiger partial charge in [0.25, 0.3) is 5.91 Å². The number of benzene rings is 2. The van der Waals surface area contributed by atoms with E-state index < -0.39 is 11.9 Å². The van der Waals surface area contributed by atoms with E-state index in [4.69, 9.17) is 14.2 Å². The Morgan fingerprint density at radius 1 is 1.10 bits per heavy atom. The molecule has 30 heavy (non-hydrogen) atoms. The lowest BCUT2D eigenvalue weighted by Crippen LogP contribution is -2.24. The Morgan fingerprint density at radius 3 is 2.43 bits per heavy atom. The number of rotatable bonds is 11. The van der Waals surface area contributed by atoms with E-state index in [2.05, 4.69) is 17.5 Å². The lowest BCUT2D eigenvalue weighted by Gasteiger charge is -2.12. The van der Waals surface area contributed by atoms with Crippen LogP contribution in [0.4, 0.5) is 0 Å². The fourth-order valence-electron chi connectivity index (χ4n) is 2.76. The first-order valence-electron chi connectivity index (χ1n) is 9.52. The average molecular weight is 414 g/mol. The maximum atomic E-state index is 11.9. The summed E-state index contributed by atoms with van der Waals surface area (Å²) >= 11 is 0. The Balaban J connectivity index is 1.95. The third-order valence-corrected chi connectivity index (χ3v) is 4.30. The maximum Gasteiger partial charge on any atom is 0.340 e. The number of hydrogen-bond donors (Lipinski definition) is 2. The highest BCUT2D eigenvalue weighted by atomic mass is 16.5. The highest BCUT2D eigenvalue weighted by Gasteiger charge is 2.20. The number of carboxylic acid groups (broad SMARTS) is 1. The van der Waals surface area contributed by atoms with Crippen molar-refractivity contribution >= 4 is 18.1 Å². The molecule has 8 nitrogen and oxygen atoms in total. The first-order valence-corrected chi connectivity index (χ1v) is 9.52. The zero-order valence-electron chi connectivity index (χ0n) is 17.3. The van der Waals surface area contributed by atoms with Gasteiger partial charge in [0, 0.05) is 5.56 Å². The summed E-state index contributed by atoms with van der Waals surface area (Å²) in [4.78, 5) is 23.5. The first-order chi connectivity index (χ1) is 14.5. The molecule has 2 N–H and O–H groups in total. The smallest absolute Gasteiger partial charge is 0.340 e. The van der Waals surface area contributed by atoms with E-state index in [9.17, 15) is 14.7 Å². The molecule has 0 spiro atoms. The highest BCUT2D eigenvalue weighted by Crippen LogP contribution is 2.32. The molecule has 0 saturated heterocycles. The Bertz CT molecular complexity index is 893. The molecule has 2 aromatic carbocycles. The van der Waals surface area contributed by atoms with Gasteiger partial charge in [0.2, 0.25) is 0 Å². The lowest BCUT2D eigenvalue weighted by molar-refractivity contribution is -0.123. The van der Waals surface area contributed by atoms with Crippen LogP contribution in [0, 0.1) is 0 Å². The molecule has 8 heteroatoms. The van der Waals surface area contributed by atoms with Crippen molar-refractivity contribution in [3.63, 3.8) is 0 Å². The normalized spacial score (nSPS) is 10.6.